The van der Waals surface area contributed by atoms with Crippen molar-refractivity contribution >= 4 is 55.7 Å². The molecule has 0 unspecified atom stereocenters. The molecule has 34 heavy (non-hydrogen) atoms. The van der Waals surface area contributed by atoms with Gasteiger partial charge in [-0.05, 0) is 67.2 Å². The number of rotatable bonds is 7. The number of hydrogen-bond donors (Lipinski definition) is 3. The van der Waals surface area contributed by atoms with Crippen LogP contribution >= 0.6 is 23.2 Å². The van der Waals surface area contributed by atoms with Gasteiger partial charge >= 0.3 is 6.03 Å². The van der Waals surface area contributed by atoms with Crippen LogP contribution in [0.5, 0.6) is 0 Å². The Bertz CT molecular complexity index is 1270. The van der Waals surface area contributed by atoms with Crippen molar-refractivity contribution < 1.29 is 13.2 Å². The van der Waals surface area contributed by atoms with Crippen LogP contribution in [0.4, 0.5) is 10.5 Å². The highest BCUT2D eigenvalue weighted by Crippen LogP contribution is 2.29. The number of nitrogens with one attached hydrogen (secondary N) is 3. The Morgan fingerprint density at radius 2 is 1.53 bits per heavy atom. The number of amides is 2. The Hall–Kier alpha value is -2.32. The minimum Gasteiger partial charge on any atom is -0.338 e. The van der Waals surface area contributed by atoms with E-state index in [1.807, 2.05) is 30.3 Å². The summed E-state index contributed by atoms with van der Waals surface area (Å²) in [6.45, 7) is 0.991. The molecular weight excluding hydrogens is 493 g/mol. The van der Waals surface area contributed by atoms with Crippen molar-refractivity contribution in [3.8, 4) is 0 Å². The number of sulfonamides is 1. The van der Waals surface area contributed by atoms with Crippen LogP contribution in [0, 0.1) is 11.8 Å². The van der Waals surface area contributed by atoms with Gasteiger partial charge in [0.1, 0.15) is 0 Å². The van der Waals surface area contributed by atoms with Crippen molar-refractivity contribution in [3.63, 3.8) is 0 Å². The fourth-order valence-electron chi connectivity index (χ4n) is 4.36. The minimum atomic E-state index is -3.59. The van der Waals surface area contributed by atoms with Gasteiger partial charge in [-0.25, -0.2) is 17.9 Å². The van der Waals surface area contributed by atoms with Gasteiger partial charge in [-0.2, -0.15) is 0 Å². The minimum absolute atomic E-state index is 0.283. The Kier molecular flexibility index (Phi) is 7.99. The molecule has 0 atom stereocenters. The highest BCUT2D eigenvalue weighted by atomic mass is 35.5. The molecule has 1 aliphatic rings. The SMILES string of the molecule is O=C(NCC1CCC(CNS(=O)(=O)c2cccc3ccccc23)CC1)Nc1ccc(Cl)c(Cl)c1. The molecule has 0 saturated heterocycles. The fourth-order valence-corrected chi connectivity index (χ4v) is 6.00. The first-order valence-electron chi connectivity index (χ1n) is 11.3. The smallest absolute Gasteiger partial charge is 0.319 e. The highest BCUT2D eigenvalue weighted by molar-refractivity contribution is 7.89. The predicted molar refractivity (Wildman–Crippen MR) is 138 cm³/mol. The largest absolute Gasteiger partial charge is 0.338 e. The second-order valence-corrected chi connectivity index (χ2v) is 11.2. The molecule has 180 valence electrons. The summed E-state index contributed by atoms with van der Waals surface area (Å²) in [5.41, 5.74) is 0.578. The van der Waals surface area contributed by atoms with Crippen molar-refractivity contribution in [2.24, 2.45) is 11.8 Å². The summed E-state index contributed by atoms with van der Waals surface area (Å²) in [5, 5.41) is 8.11. The van der Waals surface area contributed by atoms with Crippen LogP contribution in [0.1, 0.15) is 25.7 Å². The summed E-state index contributed by atoms with van der Waals surface area (Å²) in [7, 11) is -3.59. The number of carbonyl (C=O) groups excluding carboxylic acids is 1. The molecule has 0 heterocycles. The third kappa shape index (κ3) is 6.21. The van der Waals surface area contributed by atoms with Gasteiger partial charge in [0.05, 0.1) is 14.9 Å². The van der Waals surface area contributed by atoms with Crippen LogP contribution in [0.2, 0.25) is 10.0 Å². The zero-order valence-electron chi connectivity index (χ0n) is 18.6. The zero-order chi connectivity index (χ0) is 24.1. The lowest BCUT2D eigenvalue weighted by Gasteiger charge is -2.28. The van der Waals surface area contributed by atoms with Gasteiger partial charge in [0, 0.05) is 24.2 Å². The molecule has 0 radical (unpaired) electrons. The lowest BCUT2D eigenvalue weighted by molar-refractivity contribution is 0.240. The maximum atomic E-state index is 12.9. The molecule has 9 heteroatoms. The zero-order valence-corrected chi connectivity index (χ0v) is 20.9. The standard InChI is InChI=1S/C25H27Cl2N3O3S/c26-22-13-12-20(14-23(22)27)30-25(31)28-15-17-8-10-18(11-9-17)16-29-34(32,33)24-7-3-5-19-4-1-2-6-21(19)24/h1-7,12-14,17-18,29H,8-11,15-16H2,(H2,28,30,31). The molecular formula is C25H27Cl2N3O3S. The average molecular weight is 520 g/mol. The number of halogens is 2. The quantitative estimate of drug-likeness (QED) is 0.354. The van der Waals surface area contributed by atoms with Crippen molar-refractivity contribution in [3.05, 3.63) is 70.7 Å². The van der Waals surface area contributed by atoms with Crippen LogP contribution in [0.15, 0.2) is 65.6 Å². The molecule has 3 N–H and O–H groups in total. The summed E-state index contributed by atoms with van der Waals surface area (Å²) in [5.74, 6) is 0.650. The fraction of sp³-hybridized carbons (Fsp3) is 0.320. The molecule has 6 nitrogen and oxygen atoms in total. The van der Waals surface area contributed by atoms with Gasteiger partial charge < -0.3 is 10.6 Å². The second kappa shape index (κ2) is 11.0. The van der Waals surface area contributed by atoms with E-state index < -0.39 is 10.0 Å². The maximum Gasteiger partial charge on any atom is 0.319 e. The molecule has 4 rings (SSSR count). The Morgan fingerprint density at radius 3 is 2.26 bits per heavy atom. The van der Waals surface area contributed by atoms with Gasteiger partial charge in [-0.3, -0.25) is 0 Å². The molecule has 1 aliphatic carbocycles. The number of urea groups is 1. The first kappa shape index (κ1) is 24.8. The van der Waals surface area contributed by atoms with Gasteiger partial charge in [-0.15, -0.1) is 0 Å². The van der Waals surface area contributed by atoms with Crippen LogP contribution in [-0.2, 0) is 10.0 Å². The average Bonchev–Trinajstić information content (AvgIpc) is 2.84. The van der Waals surface area contributed by atoms with E-state index >= 15 is 0 Å². The van der Waals surface area contributed by atoms with E-state index in [1.54, 1.807) is 30.3 Å². The third-order valence-electron chi connectivity index (χ3n) is 6.30. The van der Waals surface area contributed by atoms with Crippen LogP contribution < -0.4 is 15.4 Å². The van der Waals surface area contributed by atoms with Crippen LogP contribution in [-0.4, -0.2) is 27.5 Å². The van der Waals surface area contributed by atoms with Crippen molar-refractivity contribution in [1.29, 1.82) is 0 Å². The maximum absolute atomic E-state index is 12.9. The molecule has 0 spiro atoms. The molecule has 0 aliphatic heterocycles. The third-order valence-corrected chi connectivity index (χ3v) is 8.52. The van der Waals surface area contributed by atoms with Crippen molar-refractivity contribution in [2.45, 2.75) is 30.6 Å². The normalized spacial score (nSPS) is 18.5. The lowest BCUT2D eigenvalue weighted by Crippen LogP contribution is -2.36. The molecule has 2 amide bonds. The molecule has 0 aromatic heterocycles. The van der Waals surface area contributed by atoms with E-state index in [0.29, 0.717) is 39.6 Å². The van der Waals surface area contributed by atoms with Gasteiger partial charge in [-0.1, -0.05) is 59.6 Å². The number of hydrogen-bond acceptors (Lipinski definition) is 3. The van der Waals surface area contributed by atoms with E-state index in [4.69, 9.17) is 23.2 Å². The lowest BCUT2D eigenvalue weighted by atomic mass is 9.82. The van der Waals surface area contributed by atoms with E-state index in [2.05, 4.69) is 15.4 Å². The van der Waals surface area contributed by atoms with Gasteiger partial charge in [0.15, 0.2) is 0 Å². The Labute approximate surface area is 210 Å². The number of fused-ring (bicyclic) bond motifs is 1. The summed E-state index contributed by atoms with van der Waals surface area (Å²) in [6.07, 6.45) is 3.71. The first-order chi connectivity index (χ1) is 16.3. The van der Waals surface area contributed by atoms with Gasteiger partial charge in [0.25, 0.3) is 0 Å². The van der Waals surface area contributed by atoms with Crippen molar-refractivity contribution in [1.82, 2.24) is 10.0 Å². The van der Waals surface area contributed by atoms with E-state index in [9.17, 15) is 13.2 Å². The van der Waals surface area contributed by atoms with Gasteiger partial charge in [0.2, 0.25) is 10.0 Å². The van der Waals surface area contributed by atoms with E-state index in [0.717, 1.165) is 36.5 Å². The van der Waals surface area contributed by atoms with Crippen LogP contribution in [0.3, 0.4) is 0 Å². The van der Waals surface area contributed by atoms with E-state index in [1.165, 1.54) is 0 Å². The first-order valence-corrected chi connectivity index (χ1v) is 13.5. The summed E-state index contributed by atoms with van der Waals surface area (Å²) in [6, 6.07) is 17.5. The summed E-state index contributed by atoms with van der Waals surface area (Å²) >= 11 is 11.9. The molecule has 1 fully saturated rings. The predicted octanol–water partition coefficient (Wildman–Crippen LogP) is 6.05. The number of anilines is 1. The van der Waals surface area contributed by atoms with Crippen molar-refractivity contribution in [2.75, 3.05) is 18.4 Å². The highest BCUT2D eigenvalue weighted by Gasteiger charge is 2.24. The number of carbonyl (C=O) groups is 1. The second-order valence-electron chi connectivity index (χ2n) is 8.68. The molecule has 1 saturated carbocycles. The Balaban J connectivity index is 1.22. The Morgan fingerprint density at radius 1 is 0.853 bits per heavy atom. The van der Waals surface area contributed by atoms with Crippen LogP contribution in [0.25, 0.3) is 10.8 Å². The molecule has 0 bridgehead atoms. The molecule has 3 aromatic carbocycles. The summed E-state index contributed by atoms with van der Waals surface area (Å²) < 4.78 is 28.7. The molecule has 3 aromatic rings. The monoisotopic (exact) mass is 519 g/mol. The topological polar surface area (TPSA) is 87.3 Å². The van der Waals surface area contributed by atoms with E-state index in [-0.39, 0.29) is 11.9 Å². The number of benzene rings is 3. The summed E-state index contributed by atoms with van der Waals surface area (Å²) in [4.78, 5) is 12.5.